The molecule has 0 unspecified atom stereocenters. The highest BCUT2D eigenvalue weighted by atomic mass is 16.3. The molecular formula is C12H9N3O. The van der Waals surface area contributed by atoms with Crippen molar-refractivity contribution in [3.63, 3.8) is 0 Å². The van der Waals surface area contributed by atoms with Gasteiger partial charge in [0.2, 0.25) is 0 Å². The van der Waals surface area contributed by atoms with Crippen molar-refractivity contribution >= 4 is 11.0 Å². The molecule has 0 spiro atoms. The van der Waals surface area contributed by atoms with E-state index in [1.54, 1.807) is 18.3 Å². The van der Waals surface area contributed by atoms with E-state index >= 15 is 0 Å². The molecule has 0 aliphatic heterocycles. The molecule has 16 heavy (non-hydrogen) atoms. The quantitative estimate of drug-likeness (QED) is 0.649. The van der Waals surface area contributed by atoms with Crippen LogP contribution in [-0.4, -0.2) is 20.3 Å². The first kappa shape index (κ1) is 8.91. The van der Waals surface area contributed by atoms with E-state index in [1.165, 1.54) is 0 Å². The van der Waals surface area contributed by atoms with Crippen LogP contribution in [0.3, 0.4) is 0 Å². The number of fused-ring (bicyclic) bond motifs is 1. The molecule has 2 aromatic heterocycles. The molecule has 78 valence electrons. The molecule has 0 bridgehead atoms. The van der Waals surface area contributed by atoms with Crippen LogP contribution < -0.4 is 0 Å². The molecule has 0 aliphatic rings. The zero-order valence-corrected chi connectivity index (χ0v) is 8.38. The fourth-order valence-electron chi connectivity index (χ4n) is 1.69. The number of hydrogen-bond acceptors (Lipinski definition) is 3. The van der Waals surface area contributed by atoms with E-state index in [-0.39, 0.29) is 5.75 Å². The third-order valence-electron chi connectivity index (χ3n) is 2.48. The van der Waals surface area contributed by atoms with E-state index in [4.69, 9.17) is 0 Å². The largest absolute Gasteiger partial charge is 0.508 e. The zero-order chi connectivity index (χ0) is 11.0. The summed E-state index contributed by atoms with van der Waals surface area (Å²) in [5, 5.41) is 17.3. The molecule has 3 aromatic rings. The molecule has 0 saturated carbocycles. The normalized spacial score (nSPS) is 10.8. The molecule has 2 heterocycles. The van der Waals surface area contributed by atoms with Gasteiger partial charge in [0.05, 0.1) is 0 Å². The second-order valence-corrected chi connectivity index (χ2v) is 3.52. The highest BCUT2D eigenvalue weighted by Crippen LogP contribution is 2.25. The van der Waals surface area contributed by atoms with Crippen molar-refractivity contribution in [2.75, 3.05) is 0 Å². The highest BCUT2D eigenvalue weighted by Gasteiger charge is 2.07. The number of rotatable bonds is 1. The van der Waals surface area contributed by atoms with Gasteiger partial charge in [0, 0.05) is 17.1 Å². The summed E-state index contributed by atoms with van der Waals surface area (Å²) < 4.78 is 0. The van der Waals surface area contributed by atoms with Crippen molar-refractivity contribution < 1.29 is 5.11 Å². The lowest BCUT2D eigenvalue weighted by molar-refractivity contribution is 0.475. The number of phenolic OH excluding ortho intramolecular Hbond substituents is 1. The number of aromatic nitrogens is 3. The number of nitrogens with one attached hydrogen (secondary N) is 1. The summed E-state index contributed by atoms with van der Waals surface area (Å²) in [7, 11) is 0. The number of aromatic hydroxyl groups is 1. The van der Waals surface area contributed by atoms with Crippen molar-refractivity contribution in [1.29, 1.82) is 0 Å². The maximum absolute atomic E-state index is 9.23. The van der Waals surface area contributed by atoms with Crippen molar-refractivity contribution in [3.8, 4) is 17.0 Å². The molecule has 2 N–H and O–H groups in total. The van der Waals surface area contributed by atoms with Crippen molar-refractivity contribution in [2.24, 2.45) is 0 Å². The van der Waals surface area contributed by atoms with Crippen LogP contribution in [0.1, 0.15) is 0 Å². The summed E-state index contributed by atoms with van der Waals surface area (Å²) >= 11 is 0. The molecule has 4 heteroatoms. The Kier molecular flexibility index (Phi) is 1.86. The first-order valence-electron chi connectivity index (χ1n) is 4.93. The predicted molar refractivity (Wildman–Crippen MR) is 61.0 cm³/mol. The second-order valence-electron chi connectivity index (χ2n) is 3.52. The summed E-state index contributed by atoms with van der Waals surface area (Å²) in [6.45, 7) is 0. The molecule has 1 aromatic carbocycles. The number of hydrogen-bond donors (Lipinski definition) is 2. The summed E-state index contributed by atoms with van der Waals surface area (Å²) in [5.41, 5.74) is 2.57. The van der Waals surface area contributed by atoms with Crippen LogP contribution in [0.2, 0.25) is 0 Å². The SMILES string of the molecule is Oc1ccc(-c2n[nH]c3ncccc23)cc1. The van der Waals surface area contributed by atoms with Crippen LogP contribution in [0.5, 0.6) is 5.75 Å². The van der Waals surface area contributed by atoms with Gasteiger partial charge < -0.3 is 5.11 Å². The zero-order valence-electron chi connectivity index (χ0n) is 8.38. The van der Waals surface area contributed by atoms with Gasteiger partial charge in [-0.25, -0.2) is 4.98 Å². The van der Waals surface area contributed by atoms with Gasteiger partial charge in [-0.3, -0.25) is 5.10 Å². The van der Waals surface area contributed by atoms with Crippen LogP contribution >= 0.6 is 0 Å². The fraction of sp³-hybridized carbons (Fsp3) is 0. The Morgan fingerprint density at radius 3 is 2.69 bits per heavy atom. The van der Waals surface area contributed by atoms with Gasteiger partial charge in [-0.1, -0.05) is 0 Å². The minimum absolute atomic E-state index is 0.252. The van der Waals surface area contributed by atoms with E-state index in [0.717, 1.165) is 22.3 Å². The molecular weight excluding hydrogens is 202 g/mol. The lowest BCUT2D eigenvalue weighted by Crippen LogP contribution is -1.78. The lowest BCUT2D eigenvalue weighted by atomic mass is 10.1. The van der Waals surface area contributed by atoms with Crippen LogP contribution in [-0.2, 0) is 0 Å². The Morgan fingerprint density at radius 1 is 1.06 bits per heavy atom. The molecule has 4 nitrogen and oxygen atoms in total. The predicted octanol–water partition coefficient (Wildman–Crippen LogP) is 2.33. The molecule has 3 rings (SSSR count). The second kappa shape index (κ2) is 3.34. The number of pyridine rings is 1. The summed E-state index contributed by atoms with van der Waals surface area (Å²) in [6, 6.07) is 10.8. The summed E-state index contributed by atoms with van der Waals surface area (Å²) in [5.74, 6) is 0.252. The topological polar surface area (TPSA) is 61.8 Å². The molecule has 0 fully saturated rings. The van der Waals surface area contributed by atoms with Gasteiger partial charge in [-0.05, 0) is 36.4 Å². The molecule has 0 radical (unpaired) electrons. The van der Waals surface area contributed by atoms with Crippen LogP contribution in [0.15, 0.2) is 42.6 Å². The van der Waals surface area contributed by atoms with Gasteiger partial charge in [-0.15, -0.1) is 0 Å². The minimum Gasteiger partial charge on any atom is -0.508 e. The monoisotopic (exact) mass is 211 g/mol. The third kappa shape index (κ3) is 1.32. The Hall–Kier alpha value is -2.36. The minimum atomic E-state index is 0.252. The Bertz CT molecular complexity index is 628. The first-order chi connectivity index (χ1) is 7.84. The summed E-state index contributed by atoms with van der Waals surface area (Å²) in [4.78, 5) is 4.18. The van der Waals surface area contributed by atoms with Gasteiger partial charge in [0.1, 0.15) is 11.4 Å². The standard InChI is InChI=1S/C12H9N3O/c16-9-5-3-8(4-6-9)11-10-2-1-7-13-12(10)15-14-11/h1-7,16H,(H,13,14,15). The van der Waals surface area contributed by atoms with Gasteiger partial charge in [0.15, 0.2) is 5.65 Å². The van der Waals surface area contributed by atoms with Crippen LogP contribution in [0.25, 0.3) is 22.3 Å². The van der Waals surface area contributed by atoms with E-state index in [9.17, 15) is 5.11 Å². The maximum atomic E-state index is 9.23. The van der Waals surface area contributed by atoms with Gasteiger partial charge in [0.25, 0.3) is 0 Å². The first-order valence-corrected chi connectivity index (χ1v) is 4.93. The molecule has 0 aliphatic carbocycles. The van der Waals surface area contributed by atoms with Gasteiger partial charge >= 0.3 is 0 Å². The highest BCUT2D eigenvalue weighted by molar-refractivity contribution is 5.90. The average Bonchev–Trinajstić information content (AvgIpc) is 2.74. The maximum Gasteiger partial charge on any atom is 0.155 e. The Labute approximate surface area is 91.6 Å². The van der Waals surface area contributed by atoms with E-state index in [0.29, 0.717) is 0 Å². The third-order valence-corrected chi connectivity index (χ3v) is 2.48. The van der Waals surface area contributed by atoms with Crippen LogP contribution in [0, 0.1) is 0 Å². The lowest BCUT2D eigenvalue weighted by Gasteiger charge is -1.97. The Balaban J connectivity index is 2.22. The number of phenols is 1. The number of benzene rings is 1. The smallest absolute Gasteiger partial charge is 0.155 e. The molecule has 0 amide bonds. The van der Waals surface area contributed by atoms with Crippen LogP contribution in [0.4, 0.5) is 0 Å². The summed E-state index contributed by atoms with van der Waals surface area (Å²) in [6.07, 6.45) is 1.72. The van der Waals surface area contributed by atoms with E-state index in [2.05, 4.69) is 15.2 Å². The van der Waals surface area contributed by atoms with Crippen molar-refractivity contribution in [1.82, 2.24) is 15.2 Å². The molecule has 0 saturated heterocycles. The van der Waals surface area contributed by atoms with E-state index < -0.39 is 0 Å². The van der Waals surface area contributed by atoms with E-state index in [1.807, 2.05) is 24.3 Å². The average molecular weight is 211 g/mol. The van der Waals surface area contributed by atoms with Crippen molar-refractivity contribution in [2.45, 2.75) is 0 Å². The Morgan fingerprint density at radius 2 is 1.88 bits per heavy atom. The number of H-pyrrole nitrogens is 1. The number of aromatic amines is 1. The fourth-order valence-corrected chi connectivity index (χ4v) is 1.69. The van der Waals surface area contributed by atoms with Gasteiger partial charge in [-0.2, -0.15) is 5.10 Å². The molecule has 0 atom stereocenters. The number of nitrogens with zero attached hydrogens (tertiary/aromatic N) is 2. The van der Waals surface area contributed by atoms with Crippen molar-refractivity contribution in [3.05, 3.63) is 42.6 Å².